The number of rotatable bonds is 4. The number of halogens is 1. The van der Waals surface area contributed by atoms with Crippen molar-refractivity contribution in [2.24, 2.45) is 0 Å². The first-order chi connectivity index (χ1) is 12.7. The lowest BCUT2D eigenvalue weighted by Crippen LogP contribution is -2.31. The second-order valence-electron chi connectivity index (χ2n) is 7.14. The van der Waals surface area contributed by atoms with Gasteiger partial charge in [0.2, 0.25) is 0 Å². The number of pyridine rings is 1. The van der Waals surface area contributed by atoms with Gasteiger partial charge in [-0.15, -0.1) is 24.8 Å². The van der Waals surface area contributed by atoms with Crippen LogP contribution in [0.1, 0.15) is 35.2 Å². The number of fused-ring (bicyclic) bond motifs is 2. The largest absolute Gasteiger partial charge is 0.351 e. The van der Waals surface area contributed by atoms with Crippen molar-refractivity contribution < 1.29 is 0 Å². The van der Waals surface area contributed by atoms with Gasteiger partial charge in [0.05, 0.1) is 5.52 Å². The molecular weight excluding hydrogens is 354 g/mol. The number of hydrogen-bond donors (Lipinski definition) is 0. The molecule has 140 valence electrons. The summed E-state index contributed by atoms with van der Waals surface area (Å²) in [5.41, 5.74) is 6.82. The number of nitrogens with zero attached hydrogens (tertiary/aromatic N) is 3. The van der Waals surface area contributed by atoms with E-state index in [1.54, 1.807) is 0 Å². The van der Waals surface area contributed by atoms with Gasteiger partial charge in [-0.3, -0.25) is 0 Å². The molecule has 4 heteroatoms. The quantitative estimate of drug-likeness (QED) is 0.467. The molecule has 0 saturated carbocycles. The zero-order valence-corrected chi connectivity index (χ0v) is 16.9. The summed E-state index contributed by atoms with van der Waals surface area (Å²) in [6.07, 6.45) is 10.3. The van der Waals surface area contributed by atoms with Crippen LogP contribution in [0.4, 0.5) is 5.82 Å². The van der Waals surface area contributed by atoms with Crippen molar-refractivity contribution >= 4 is 29.1 Å². The summed E-state index contributed by atoms with van der Waals surface area (Å²) in [5, 5.41) is 1.30. The van der Waals surface area contributed by atoms with E-state index in [0.717, 1.165) is 44.7 Å². The second kappa shape index (κ2) is 8.06. The van der Waals surface area contributed by atoms with E-state index in [1.807, 2.05) is 6.20 Å². The molecule has 0 aliphatic carbocycles. The van der Waals surface area contributed by atoms with Crippen LogP contribution in [0.2, 0.25) is 0 Å². The van der Waals surface area contributed by atoms with Crippen LogP contribution < -0.4 is 4.90 Å². The van der Waals surface area contributed by atoms with Gasteiger partial charge in [0.1, 0.15) is 5.82 Å². The van der Waals surface area contributed by atoms with Crippen molar-refractivity contribution in [2.45, 2.75) is 46.2 Å². The van der Waals surface area contributed by atoms with Gasteiger partial charge in [-0.05, 0) is 49.4 Å². The second-order valence-corrected chi connectivity index (χ2v) is 7.14. The highest BCUT2D eigenvalue weighted by atomic mass is 35.5. The summed E-state index contributed by atoms with van der Waals surface area (Å²) in [5.74, 6) is 3.87. The van der Waals surface area contributed by atoms with Crippen LogP contribution in [0.5, 0.6) is 0 Å². The van der Waals surface area contributed by atoms with Gasteiger partial charge in [0.25, 0.3) is 0 Å². The number of terminal acetylenes is 1. The number of hydrogen-bond acceptors (Lipinski definition) is 2. The Morgan fingerprint density at radius 1 is 1.15 bits per heavy atom. The van der Waals surface area contributed by atoms with Crippen molar-refractivity contribution in [3.63, 3.8) is 0 Å². The van der Waals surface area contributed by atoms with Crippen LogP contribution in [-0.2, 0) is 19.5 Å². The number of aryl methyl sites for hydroxylation is 2. The fourth-order valence-electron chi connectivity index (χ4n) is 4.13. The molecule has 0 amide bonds. The molecule has 3 heterocycles. The van der Waals surface area contributed by atoms with Crippen LogP contribution >= 0.6 is 12.4 Å². The minimum atomic E-state index is 0. The maximum absolute atomic E-state index is 5.43. The smallest absolute Gasteiger partial charge is 0.138 e. The maximum Gasteiger partial charge on any atom is 0.138 e. The van der Waals surface area contributed by atoms with E-state index in [1.165, 1.54) is 33.3 Å². The lowest BCUT2D eigenvalue weighted by Gasteiger charge is -2.30. The molecule has 3 aromatic rings. The first-order valence-electron chi connectivity index (χ1n) is 9.40. The van der Waals surface area contributed by atoms with E-state index in [-0.39, 0.29) is 12.4 Å². The highest BCUT2D eigenvalue weighted by molar-refractivity contribution is 5.94. The molecule has 0 spiro atoms. The van der Waals surface area contributed by atoms with E-state index in [0.29, 0.717) is 0 Å². The normalized spacial score (nSPS) is 13.1. The predicted octanol–water partition coefficient (Wildman–Crippen LogP) is 5.05. The van der Waals surface area contributed by atoms with Crippen molar-refractivity contribution in [1.82, 2.24) is 9.55 Å². The number of anilines is 1. The Labute approximate surface area is 167 Å². The van der Waals surface area contributed by atoms with Crippen LogP contribution in [0, 0.1) is 26.2 Å². The van der Waals surface area contributed by atoms with Gasteiger partial charge in [-0.1, -0.05) is 24.3 Å². The molecule has 27 heavy (non-hydrogen) atoms. The Hall–Kier alpha value is -2.44. The summed E-state index contributed by atoms with van der Waals surface area (Å²) in [7, 11) is 0. The standard InChI is InChI=1S/C23H25N3.ClH/c1-4-5-8-14-26-18(3)17(2)22-21(26)11-13-24-23(22)25-15-12-19-9-6-7-10-20(19)16-25;/h1,6-7,9-11,13H,5,8,12,14-16H2,2-3H3;1H. The lowest BCUT2D eigenvalue weighted by atomic mass is 9.99. The number of aromatic nitrogens is 2. The zero-order valence-electron chi connectivity index (χ0n) is 16.0. The van der Waals surface area contributed by atoms with Gasteiger partial charge in [0.15, 0.2) is 0 Å². The Bertz CT molecular complexity index is 997. The fraction of sp³-hybridized carbons (Fsp3) is 0.348. The summed E-state index contributed by atoms with van der Waals surface area (Å²) in [6, 6.07) is 10.9. The van der Waals surface area contributed by atoms with Crippen molar-refractivity contribution in [2.75, 3.05) is 11.4 Å². The average molecular weight is 380 g/mol. The lowest BCUT2D eigenvalue weighted by molar-refractivity contribution is 0.660. The topological polar surface area (TPSA) is 21.1 Å². The van der Waals surface area contributed by atoms with Gasteiger partial charge in [-0.2, -0.15) is 0 Å². The maximum atomic E-state index is 5.43. The van der Waals surface area contributed by atoms with Gasteiger partial charge < -0.3 is 9.47 Å². The van der Waals surface area contributed by atoms with Crippen molar-refractivity contribution in [1.29, 1.82) is 0 Å². The summed E-state index contributed by atoms with van der Waals surface area (Å²) in [6.45, 7) is 7.35. The molecule has 1 aliphatic heterocycles. The first kappa shape index (κ1) is 19.3. The molecule has 0 radical (unpaired) electrons. The number of unbranched alkanes of at least 4 members (excludes halogenated alkanes) is 1. The molecule has 1 aromatic carbocycles. The number of benzene rings is 1. The SMILES string of the molecule is C#CCCCn1c(C)c(C)c2c(N3CCc4ccccc4C3)nccc21.Cl. The first-order valence-corrected chi connectivity index (χ1v) is 9.40. The van der Waals surface area contributed by atoms with Gasteiger partial charge in [0, 0.05) is 43.3 Å². The third-order valence-electron chi connectivity index (χ3n) is 5.66. The molecule has 0 N–H and O–H groups in total. The third-order valence-corrected chi connectivity index (χ3v) is 5.66. The molecule has 2 aromatic heterocycles. The molecular formula is C23H26ClN3. The van der Waals surface area contributed by atoms with E-state index in [9.17, 15) is 0 Å². The Balaban J connectivity index is 0.00000210. The minimum Gasteiger partial charge on any atom is -0.351 e. The van der Waals surface area contributed by atoms with E-state index in [2.05, 4.69) is 59.6 Å². The third kappa shape index (κ3) is 3.42. The van der Waals surface area contributed by atoms with E-state index < -0.39 is 0 Å². The Morgan fingerprint density at radius 3 is 2.70 bits per heavy atom. The fourth-order valence-corrected chi connectivity index (χ4v) is 4.13. The summed E-state index contributed by atoms with van der Waals surface area (Å²) in [4.78, 5) is 7.23. The van der Waals surface area contributed by atoms with E-state index in [4.69, 9.17) is 11.4 Å². The molecule has 0 unspecified atom stereocenters. The molecule has 1 aliphatic rings. The molecule has 0 saturated heterocycles. The molecule has 0 atom stereocenters. The highest BCUT2D eigenvalue weighted by Gasteiger charge is 2.22. The summed E-state index contributed by atoms with van der Waals surface area (Å²) < 4.78 is 2.41. The minimum absolute atomic E-state index is 0. The van der Waals surface area contributed by atoms with Crippen LogP contribution in [0.3, 0.4) is 0 Å². The molecule has 3 nitrogen and oxygen atoms in total. The Morgan fingerprint density at radius 2 is 1.93 bits per heavy atom. The average Bonchev–Trinajstić information content (AvgIpc) is 2.93. The zero-order chi connectivity index (χ0) is 18.1. The van der Waals surface area contributed by atoms with Crippen LogP contribution in [-0.4, -0.2) is 16.1 Å². The van der Waals surface area contributed by atoms with Crippen LogP contribution in [0.25, 0.3) is 10.9 Å². The predicted molar refractivity (Wildman–Crippen MR) is 116 cm³/mol. The monoisotopic (exact) mass is 379 g/mol. The Kier molecular flexibility index (Phi) is 5.77. The molecule has 0 bridgehead atoms. The van der Waals surface area contributed by atoms with Crippen molar-refractivity contribution in [3.8, 4) is 12.3 Å². The van der Waals surface area contributed by atoms with E-state index >= 15 is 0 Å². The molecule has 4 rings (SSSR count). The highest BCUT2D eigenvalue weighted by Crippen LogP contribution is 2.34. The molecule has 0 fully saturated rings. The van der Waals surface area contributed by atoms with Crippen LogP contribution in [0.15, 0.2) is 36.5 Å². The van der Waals surface area contributed by atoms with Crippen molar-refractivity contribution in [3.05, 3.63) is 58.9 Å². The summed E-state index contributed by atoms with van der Waals surface area (Å²) >= 11 is 0. The van der Waals surface area contributed by atoms with Gasteiger partial charge >= 0.3 is 0 Å². The van der Waals surface area contributed by atoms with Gasteiger partial charge in [-0.25, -0.2) is 4.98 Å².